The molecule has 25 heteroatoms. The SMILES string of the molecule is Nc1nc2c(ncn2[C@@H]2OC3COP(O)(=S)O[C@H]4[C@@H](F)[C@H](n5cnc6c(N)ncnc65)O[C@@H]4COP(=O)(S)O[C@@H]2[C@@H]3F)c(=O)[nH]1. The Kier molecular flexibility index (Phi) is 7.72. The van der Waals surface area contributed by atoms with Crippen molar-refractivity contribution in [3.8, 4) is 0 Å². The summed E-state index contributed by atoms with van der Waals surface area (Å²) in [6.07, 6.45) is -9.83. The van der Waals surface area contributed by atoms with Gasteiger partial charge in [0.1, 0.15) is 36.3 Å². The highest BCUT2D eigenvalue weighted by Crippen LogP contribution is 2.59. The number of aromatic amines is 1. The van der Waals surface area contributed by atoms with Crippen molar-refractivity contribution in [2.45, 2.75) is 49.2 Å². The summed E-state index contributed by atoms with van der Waals surface area (Å²) in [5, 5.41) is 0. The number of thiol groups is 1. The number of hydrogen-bond donors (Lipinski definition) is 5. The zero-order valence-electron chi connectivity index (χ0n) is 22.3. The maximum atomic E-state index is 16.0. The second-order valence-corrected chi connectivity index (χ2v) is 15.7. The maximum Gasteiger partial charge on any atom is 0.386 e. The molecule has 3 aliphatic heterocycles. The van der Waals surface area contributed by atoms with Gasteiger partial charge in [-0.1, -0.05) is 12.2 Å². The van der Waals surface area contributed by atoms with Crippen LogP contribution >= 0.6 is 25.8 Å². The number of nitrogen functional groups attached to an aromatic ring is 2. The lowest BCUT2D eigenvalue weighted by Crippen LogP contribution is -2.34. The fraction of sp³-hybridized carbons (Fsp3) is 0.500. The van der Waals surface area contributed by atoms with Gasteiger partial charge in [0.2, 0.25) is 5.95 Å². The van der Waals surface area contributed by atoms with Crippen molar-refractivity contribution in [3.63, 3.8) is 0 Å². The molecule has 3 saturated heterocycles. The van der Waals surface area contributed by atoms with Crippen molar-refractivity contribution >= 4 is 71.7 Å². The average molecular weight is 711 g/mol. The third-order valence-corrected chi connectivity index (χ3v) is 10.4. The van der Waals surface area contributed by atoms with E-state index in [1.54, 1.807) is 0 Å². The molecule has 4 aromatic heterocycles. The number of hydrogen-bond acceptors (Lipinski definition) is 16. The number of aromatic nitrogens is 8. The van der Waals surface area contributed by atoms with Gasteiger partial charge in [0, 0.05) is 0 Å². The van der Waals surface area contributed by atoms with Gasteiger partial charge < -0.3 is 30.4 Å². The molecule has 0 aromatic carbocycles. The molecule has 6 N–H and O–H groups in total. The van der Waals surface area contributed by atoms with Gasteiger partial charge in [-0.25, -0.2) is 33.3 Å². The van der Waals surface area contributed by atoms with E-state index in [0.29, 0.717) is 0 Å². The second kappa shape index (κ2) is 11.2. The van der Waals surface area contributed by atoms with Crippen LogP contribution in [-0.4, -0.2) is 93.9 Å². The number of rotatable bonds is 2. The Morgan fingerprint density at radius 3 is 2.42 bits per heavy atom. The smallest absolute Gasteiger partial charge is 0.382 e. The van der Waals surface area contributed by atoms with Crippen LogP contribution in [-0.2, 0) is 43.9 Å². The minimum absolute atomic E-state index is 0.0396. The summed E-state index contributed by atoms with van der Waals surface area (Å²) in [6.45, 7) is -10.2. The van der Waals surface area contributed by atoms with Crippen molar-refractivity contribution in [1.29, 1.82) is 0 Å². The molecule has 3 unspecified atom stereocenters. The summed E-state index contributed by atoms with van der Waals surface area (Å²) in [7, 11) is 0. The molecule has 242 valence electrons. The molecule has 10 atom stereocenters. The quantitative estimate of drug-likeness (QED) is 0.142. The van der Waals surface area contributed by atoms with E-state index >= 15 is 8.78 Å². The fourth-order valence-corrected chi connectivity index (χ4v) is 8.12. The van der Waals surface area contributed by atoms with Gasteiger partial charge >= 0.3 is 13.5 Å². The number of imidazole rings is 2. The second-order valence-electron chi connectivity index (χ2n) is 10.0. The van der Waals surface area contributed by atoms with Crippen LogP contribution in [0.25, 0.3) is 22.3 Å². The Hall–Kier alpha value is -2.69. The molecular formula is C20H22F2N10O9P2S2. The molecule has 7 heterocycles. The number of fused-ring (bicyclic) bond motifs is 5. The topological polar surface area (TPSA) is 252 Å². The van der Waals surface area contributed by atoms with Gasteiger partial charge in [-0.3, -0.25) is 32.5 Å². The lowest BCUT2D eigenvalue weighted by Gasteiger charge is -2.26. The van der Waals surface area contributed by atoms with Gasteiger partial charge in [-0.15, -0.1) is 0 Å². The number of nitrogens with zero attached hydrogens (tertiary/aromatic N) is 7. The van der Waals surface area contributed by atoms with Crippen LogP contribution in [0.5, 0.6) is 0 Å². The van der Waals surface area contributed by atoms with E-state index in [1.165, 1.54) is 10.9 Å². The van der Waals surface area contributed by atoms with Gasteiger partial charge in [-0.2, -0.15) is 4.98 Å². The molecule has 4 aromatic rings. The summed E-state index contributed by atoms with van der Waals surface area (Å²) in [5.74, 6) is -0.224. The van der Waals surface area contributed by atoms with E-state index in [9.17, 15) is 14.3 Å². The molecule has 3 fully saturated rings. The number of anilines is 2. The summed E-state index contributed by atoms with van der Waals surface area (Å²) in [4.78, 5) is 45.5. The summed E-state index contributed by atoms with van der Waals surface area (Å²) >= 11 is 9.11. The van der Waals surface area contributed by atoms with E-state index in [2.05, 4.69) is 42.2 Å². The minimum atomic E-state index is -4.49. The highest BCUT2D eigenvalue weighted by atomic mass is 32.7. The number of H-pyrrole nitrogens is 1. The number of alkyl halides is 2. The first kappa shape index (κ1) is 30.9. The molecule has 3 aliphatic rings. The first-order valence-corrected chi connectivity index (χ1v) is 18.2. The molecule has 0 aliphatic carbocycles. The van der Waals surface area contributed by atoms with Crippen molar-refractivity contribution < 1.29 is 45.8 Å². The van der Waals surface area contributed by atoms with Crippen LogP contribution < -0.4 is 17.0 Å². The van der Waals surface area contributed by atoms with Gasteiger partial charge in [0.15, 0.2) is 47.4 Å². The van der Waals surface area contributed by atoms with Crippen LogP contribution in [0.1, 0.15) is 12.5 Å². The average Bonchev–Trinajstić information content (AvgIpc) is 3.72. The van der Waals surface area contributed by atoms with E-state index in [1.807, 2.05) is 0 Å². The Labute approximate surface area is 259 Å². The van der Waals surface area contributed by atoms with E-state index in [0.717, 1.165) is 17.2 Å². The third kappa shape index (κ3) is 5.54. The number of halogens is 2. The van der Waals surface area contributed by atoms with Crippen LogP contribution in [0, 0.1) is 0 Å². The molecule has 45 heavy (non-hydrogen) atoms. The number of nitrogens with two attached hydrogens (primary N) is 2. The molecule has 2 bridgehead atoms. The Balaban J connectivity index is 1.21. The first-order valence-electron chi connectivity index (χ1n) is 12.9. The zero-order chi connectivity index (χ0) is 31.8. The largest absolute Gasteiger partial charge is 0.386 e. The summed E-state index contributed by atoms with van der Waals surface area (Å²) in [6, 6.07) is 0. The predicted molar refractivity (Wildman–Crippen MR) is 155 cm³/mol. The maximum absolute atomic E-state index is 16.0. The summed E-state index contributed by atoms with van der Waals surface area (Å²) < 4.78 is 81.1. The first-order chi connectivity index (χ1) is 21.3. The van der Waals surface area contributed by atoms with Crippen molar-refractivity contribution in [2.24, 2.45) is 0 Å². The fourth-order valence-electron chi connectivity index (χ4n) is 5.23. The molecule has 19 nitrogen and oxygen atoms in total. The molecule has 0 spiro atoms. The molecular weight excluding hydrogens is 688 g/mol. The van der Waals surface area contributed by atoms with Crippen LogP contribution in [0.2, 0.25) is 0 Å². The lowest BCUT2D eigenvalue weighted by atomic mass is 10.1. The standard InChI is InChI=1S/C20H22F2N10O9P2S2/c21-8-6-1-36-42(34,44)40-12-7(39-18(9(12)22)31-4-27-10-14(23)25-3-26-15(10)31)2-37-43(35,45)41-13(8)19(38-6)32-5-28-11-16(32)29-20(24)30-17(11)33/h3-9,12-13,18-19H,1-2H2,(H,34,44)(H,35,45)(H2,23,25,26)(H3,24,29,30,33)/t6?,7-,8-,9-,12-,13-,18-,19-,42?,43?/m1/s1. The van der Waals surface area contributed by atoms with Gasteiger partial charge in [-0.05, 0) is 11.8 Å². The molecule has 0 amide bonds. The van der Waals surface area contributed by atoms with Gasteiger partial charge in [0.05, 0.1) is 25.9 Å². The Morgan fingerprint density at radius 1 is 0.956 bits per heavy atom. The third-order valence-electron chi connectivity index (χ3n) is 7.23. The van der Waals surface area contributed by atoms with E-state index < -0.39 is 81.5 Å². The minimum Gasteiger partial charge on any atom is -0.382 e. The molecule has 7 rings (SSSR count). The van der Waals surface area contributed by atoms with Crippen LogP contribution in [0.15, 0.2) is 23.8 Å². The summed E-state index contributed by atoms with van der Waals surface area (Å²) in [5.41, 5.74) is 10.9. The Morgan fingerprint density at radius 2 is 1.64 bits per heavy atom. The van der Waals surface area contributed by atoms with E-state index in [-0.39, 0.29) is 34.1 Å². The molecule has 0 saturated carbocycles. The lowest BCUT2D eigenvalue weighted by molar-refractivity contribution is -0.0578. The van der Waals surface area contributed by atoms with Crippen LogP contribution in [0.3, 0.4) is 0 Å². The van der Waals surface area contributed by atoms with Gasteiger partial charge in [0.25, 0.3) is 5.56 Å². The monoisotopic (exact) mass is 710 g/mol. The van der Waals surface area contributed by atoms with Crippen molar-refractivity contribution in [1.82, 2.24) is 39.0 Å². The highest BCUT2D eigenvalue weighted by Gasteiger charge is 2.54. The highest BCUT2D eigenvalue weighted by molar-refractivity contribution is 8.44. The Bertz CT molecular complexity index is 1950. The van der Waals surface area contributed by atoms with E-state index in [4.69, 9.17) is 50.8 Å². The van der Waals surface area contributed by atoms with Crippen molar-refractivity contribution in [2.75, 3.05) is 24.7 Å². The number of ether oxygens (including phenoxy) is 2. The normalized spacial score (nSPS) is 37.7. The van der Waals surface area contributed by atoms with Crippen LogP contribution in [0.4, 0.5) is 20.5 Å². The van der Waals surface area contributed by atoms with Crippen molar-refractivity contribution in [3.05, 3.63) is 29.3 Å². The number of nitrogens with one attached hydrogen (secondary N) is 1. The predicted octanol–water partition coefficient (Wildman–Crippen LogP) is 0.667. The molecule has 0 radical (unpaired) electrons. The zero-order valence-corrected chi connectivity index (χ0v) is 25.8.